The van der Waals surface area contributed by atoms with Crippen molar-refractivity contribution in [3.8, 4) is 5.69 Å². The second-order valence-corrected chi connectivity index (χ2v) is 5.54. The second-order valence-electron chi connectivity index (χ2n) is 4.68. The molecule has 0 aliphatic heterocycles. The van der Waals surface area contributed by atoms with Crippen LogP contribution in [-0.4, -0.2) is 15.7 Å². The molecule has 3 aromatic rings. The SMILES string of the molecule is O=C(OCc1cnn(-c2ccccc2)c1)c1ccccc1Br. The first-order valence-electron chi connectivity index (χ1n) is 6.74. The molecule has 0 saturated carbocycles. The zero-order chi connectivity index (χ0) is 15.4. The van der Waals surface area contributed by atoms with E-state index in [0.29, 0.717) is 5.56 Å². The van der Waals surface area contributed by atoms with Crippen molar-refractivity contribution in [2.45, 2.75) is 6.61 Å². The maximum Gasteiger partial charge on any atom is 0.339 e. The van der Waals surface area contributed by atoms with Crippen LogP contribution < -0.4 is 0 Å². The summed E-state index contributed by atoms with van der Waals surface area (Å²) in [6, 6.07) is 17.0. The van der Waals surface area contributed by atoms with Crippen LogP contribution in [0.1, 0.15) is 15.9 Å². The molecule has 2 aromatic carbocycles. The van der Waals surface area contributed by atoms with Crippen molar-refractivity contribution in [1.82, 2.24) is 9.78 Å². The van der Waals surface area contributed by atoms with Gasteiger partial charge in [-0.2, -0.15) is 5.10 Å². The van der Waals surface area contributed by atoms with Crippen molar-refractivity contribution in [3.05, 3.63) is 82.6 Å². The lowest BCUT2D eigenvalue weighted by Crippen LogP contribution is -2.05. The standard InChI is InChI=1S/C17H13BrN2O2/c18-16-9-5-4-8-15(16)17(21)22-12-13-10-19-20(11-13)14-6-2-1-3-7-14/h1-11H,12H2. The molecule has 5 heteroatoms. The molecule has 0 spiro atoms. The summed E-state index contributed by atoms with van der Waals surface area (Å²) >= 11 is 3.34. The molecule has 22 heavy (non-hydrogen) atoms. The molecular formula is C17H13BrN2O2. The number of carbonyl (C=O) groups is 1. The summed E-state index contributed by atoms with van der Waals surface area (Å²) < 4.78 is 7.80. The number of carbonyl (C=O) groups excluding carboxylic acids is 1. The minimum atomic E-state index is -0.361. The molecule has 0 aliphatic carbocycles. The van der Waals surface area contributed by atoms with E-state index in [2.05, 4.69) is 21.0 Å². The average molecular weight is 357 g/mol. The predicted molar refractivity (Wildman–Crippen MR) is 86.8 cm³/mol. The van der Waals surface area contributed by atoms with Gasteiger partial charge in [-0.1, -0.05) is 30.3 Å². The van der Waals surface area contributed by atoms with E-state index in [1.807, 2.05) is 48.7 Å². The van der Waals surface area contributed by atoms with E-state index in [-0.39, 0.29) is 12.6 Å². The van der Waals surface area contributed by atoms with Gasteiger partial charge in [0.25, 0.3) is 0 Å². The van der Waals surface area contributed by atoms with E-state index in [0.717, 1.165) is 15.7 Å². The van der Waals surface area contributed by atoms with E-state index in [9.17, 15) is 4.79 Å². The molecule has 0 fully saturated rings. The Morgan fingerprint density at radius 2 is 1.82 bits per heavy atom. The lowest BCUT2D eigenvalue weighted by Gasteiger charge is -2.04. The van der Waals surface area contributed by atoms with Gasteiger partial charge in [0.05, 0.1) is 17.4 Å². The number of hydrogen-bond acceptors (Lipinski definition) is 3. The molecule has 0 saturated heterocycles. The third-order valence-corrected chi connectivity index (χ3v) is 3.81. The Morgan fingerprint density at radius 3 is 2.59 bits per heavy atom. The Morgan fingerprint density at radius 1 is 1.09 bits per heavy atom. The van der Waals surface area contributed by atoms with Crippen molar-refractivity contribution >= 4 is 21.9 Å². The van der Waals surface area contributed by atoms with Crippen LogP contribution in [0.25, 0.3) is 5.69 Å². The van der Waals surface area contributed by atoms with Gasteiger partial charge in [-0.15, -0.1) is 0 Å². The minimum Gasteiger partial charge on any atom is -0.457 e. The number of para-hydroxylation sites is 1. The zero-order valence-electron chi connectivity index (χ0n) is 11.6. The van der Waals surface area contributed by atoms with Gasteiger partial charge in [-0.05, 0) is 40.2 Å². The number of ether oxygens (including phenoxy) is 1. The van der Waals surface area contributed by atoms with Gasteiger partial charge in [0.1, 0.15) is 6.61 Å². The Kier molecular flexibility index (Phi) is 4.34. The molecule has 4 nitrogen and oxygen atoms in total. The van der Waals surface area contributed by atoms with Gasteiger partial charge in [-0.25, -0.2) is 9.48 Å². The molecule has 1 heterocycles. The van der Waals surface area contributed by atoms with E-state index < -0.39 is 0 Å². The second kappa shape index (κ2) is 6.58. The van der Waals surface area contributed by atoms with E-state index in [1.54, 1.807) is 23.0 Å². The molecule has 0 bridgehead atoms. The van der Waals surface area contributed by atoms with Crippen LogP contribution in [0.5, 0.6) is 0 Å². The summed E-state index contributed by atoms with van der Waals surface area (Å²) in [6.07, 6.45) is 3.54. The average Bonchev–Trinajstić information content (AvgIpc) is 3.03. The van der Waals surface area contributed by atoms with E-state index >= 15 is 0 Å². The van der Waals surface area contributed by atoms with Gasteiger partial charge in [-0.3, -0.25) is 0 Å². The van der Waals surface area contributed by atoms with Crippen molar-refractivity contribution in [2.24, 2.45) is 0 Å². The number of rotatable bonds is 4. The number of halogens is 1. The normalized spacial score (nSPS) is 10.4. The highest BCUT2D eigenvalue weighted by atomic mass is 79.9. The smallest absolute Gasteiger partial charge is 0.339 e. The van der Waals surface area contributed by atoms with Gasteiger partial charge < -0.3 is 4.74 Å². The van der Waals surface area contributed by atoms with E-state index in [4.69, 9.17) is 4.74 Å². The Bertz CT molecular complexity index is 784. The summed E-state index contributed by atoms with van der Waals surface area (Å²) in [6.45, 7) is 0.188. The highest BCUT2D eigenvalue weighted by Crippen LogP contribution is 2.17. The van der Waals surface area contributed by atoms with Crippen molar-refractivity contribution < 1.29 is 9.53 Å². The van der Waals surface area contributed by atoms with Crippen LogP contribution in [0.15, 0.2) is 71.5 Å². The first kappa shape index (κ1) is 14.5. The minimum absolute atomic E-state index is 0.188. The molecule has 110 valence electrons. The third kappa shape index (κ3) is 3.26. The fraction of sp³-hybridized carbons (Fsp3) is 0.0588. The summed E-state index contributed by atoms with van der Waals surface area (Å²) in [4.78, 5) is 12.0. The van der Waals surface area contributed by atoms with Crippen LogP contribution in [0, 0.1) is 0 Å². The lowest BCUT2D eigenvalue weighted by molar-refractivity contribution is 0.0471. The van der Waals surface area contributed by atoms with Crippen LogP contribution in [0.4, 0.5) is 0 Å². The lowest BCUT2D eigenvalue weighted by atomic mass is 10.2. The topological polar surface area (TPSA) is 44.1 Å². The van der Waals surface area contributed by atoms with E-state index in [1.165, 1.54) is 0 Å². The van der Waals surface area contributed by atoms with Crippen molar-refractivity contribution in [1.29, 1.82) is 0 Å². The molecule has 0 aliphatic rings. The number of benzene rings is 2. The van der Waals surface area contributed by atoms with Crippen LogP contribution in [-0.2, 0) is 11.3 Å². The Hall–Kier alpha value is -2.40. The zero-order valence-corrected chi connectivity index (χ0v) is 13.2. The summed E-state index contributed by atoms with van der Waals surface area (Å²) in [5.41, 5.74) is 2.31. The monoisotopic (exact) mass is 356 g/mol. The number of nitrogens with zero attached hydrogens (tertiary/aromatic N) is 2. The number of aromatic nitrogens is 2. The highest BCUT2D eigenvalue weighted by Gasteiger charge is 2.11. The molecule has 0 unspecified atom stereocenters. The maximum atomic E-state index is 12.0. The number of hydrogen-bond donors (Lipinski definition) is 0. The van der Waals surface area contributed by atoms with Crippen molar-refractivity contribution in [2.75, 3.05) is 0 Å². The van der Waals surface area contributed by atoms with Crippen LogP contribution >= 0.6 is 15.9 Å². The first-order valence-corrected chi connectivity index (χ1v) is 7.54. The van der Waals surface area contributed by atoms with Gasteiger partial charge in [0.15, 0.2) is 0 Å². The third-order valence-electron chi connectivity index (χ3n) is 3.12. The molecule has 3 rings (SSSR count). The molecular weight excluding hydrogens is 344 g/mol. The summed E-state index contributed by atoms with van der Waals surface area (Å²) in [5, 5.41) is 4.27. The maximum absolute atomic E-state index is 12.0. The summed E-state index contributed by atoms with van der Waals surface area (Å²) in [5.74, 6) is -0.361. The molecule has 0 radical (unpaired) electrons. The quantitative estimate of drug-likeness (QED) is 0.663. The fourth-order valence-electron chi connectivity index (χ4n) is 2.01. The highest BCUT2D eigenvalue weighted by molar-refractivity contribution is 9.10. The molecule has 0 N–H and O–H groups in total. The number of esters is 1. The first-order chi connectivity index (χ1) is 10.7. The van der Waals surface area contributed by atoms with Gasteiger partial charge in [0, 0.05) is 16.2 Å². The van der Waals surface area contributed by atoms with Gasteiger partial charge >= 0.3 is 5.97 Å². The van der Waals surface area contributed by atoms with Crippen LogP contribution in [0.3, 0.4) is 0 Å². The van der Waals surface area contributed by atoms with Crippen molar-refractivity contribution in [3.63, 3.8) is 0 Å². The van der Waals surface area contributed by atoms with Crippen LogP contribution in [0.2, 0.25) is 0 Å². The molecule has 1 aromatic heterocycles. The van der Waals surface area contributed by atoms with Gasteiger partial charge in [0.2, 0.25) is 0 Å². The molecule has 0 amide bonds. The Labute approximate surface area is 136 Å². The summed E-state index contributed by atoms with van der Waals surface area (Å²) in [7, 11) is 0. The Balaban J connectivity index is 1.67. The fourth-order valence-corrected chi connectivity index (χ4v) is 2.46. The molecule has 0 atom stereocenters. The predicted octanol–water partition coefficient (Wildman–Crippen LogP) is 3.99. The largest absolute Gasteiger partial charge is 0.457 e.